The van der Waals surface area contributed by atoms with E-state index < -0.39 is 17.6 Å². The zero-order chi connectivity index (χ0) is 20.9. The Labute approximate surface area is 164 Å². The van der Waals surface area contributed by atoms with Gasteiger partial charge in [-0.2, -0.15) is 13.2 Å². The second kappa shape index (κ2) is 8.76. The van der Waals surface area contributed by atoms with Crippen molar-refractivity contribution in [3.63, 3.8) is 0 Å². The van der Waals surface area contributed by atoms with Crippen LogP contribution in [0.15, 0.2) is 42.7 Å². The molecule has 0 radical (unpaired) electrons. The molecule has 0 atom stereocenters. The maximum Gasteiger partial charge on any atom is 0.417 e. The van der Waals surface area contributed by atoms with Gasteiger partial charge < -0.3 is 20.4 Å². The van der Waals surface area contributed by atoms with E-state index in [0.29, 0.717) is 32.4 Å². The fourth-order valence-electron chi connectivity index (χ4n) is 2.77. The summed E-state index contributed by atoms with van der Waals surface area (Å²) < 4.78 is 37.5. The van der Waals surface area contributed by atoms with Gasteiger partial charge in [0.05, 0.1) is 12.1 Å². The summed E-state index contributed by atoms with van der Waals surface area (Å²) in [4.78, 5) is 35.6. The maximum atomic E-state index is 12.5. The predicted octanol–water partition coefficient (Wildman–Crippen LogP) is 1.97. The number of hydrogen-bond donors (Lipinski definition) is 2. The quantitative estimate of drug-likeness (QED) is 0.807. The van der Waals surface area contributed by atoms with Crippen molar-refractivity contribution >= 4 is 23.6 Å². The number of urea groups is 1. The SMILES string of the molecule is O=C(CNC(=O)N1CCN(c2ccccn2)CC1)Nc1ccc(C(F)(F)F)cn1. The zero-order valence-corrected chi connectivity index (χ0v) is 15.3. The largest absolute Gasteiger partial charge is 0.417 e. The number of nitrogens with zero attached hydrogens (tertiary/aromatic N) is 4. The first kappa shape index (κ1) is 20.4. The smallest absolute Gasteiger partial charge is 0.353 e. The van der Waals surface area contributed by atoms with Crippen molar-refractivity contribution in [1.82, 2.24) is 20.2 Å². The lowest BCUT2D eigenvalue weighted by molar-refractivity contribution is -0.137. The molecule has 29 heavy (non-hydrogen) atoms. The Bertz CT molecular complexity index is 837. The number of hydrogen-bond acceptors (Lipinski definition) is 5. The number of aromatic nitrogens is 2. The molecule has 2 aromatic rings. The van der Waals surface area contributed by atoms with Crippen LogP contribution in [0.1, 0.15) is 5.56 Å². The summed E-state index contributed by atoms with van der Waals surface area (Å²) >= 11 is 0. The number of alkyl halides is 3. The number of amides is 3. The van der Waals surface area contributed by atoms with Crippen molar-refractivity contribution in [2.24, 2.45) is 0 Å². The Morgan fingerprint density at radius 1 is 1.03 bits per heavy atom. The maximum absolute atomic E-state index is 12.5. The number of rotatable bonds is 4. The molecule has 1 aliphatic heterocycles. The number of carbonyl (C=O) groups excluding carboxylic acids is 2. The molecule has 0 unspecified atom stereocenters. The molecule has 1 fully saturated rings. The molecule has 2 aromatic heterocycles. The lowest BCUT2D eigenvalue weighted by atomic mass is 10.3. The summed E-state index contributed by atoms with van der Waals surface area (Å²) in [6.07, 6.45) is -2.15. The molecule has 11 heteroatoms. The average Bonchev–Trinajstić information content (AvgIpc) is 2.72. The molecule has 2 N–H and O–H groups in total. The van der Waals surface area contributed by atoms with Crippen molar-refractivity contribution in [3.8, 4) is 0 Å². The Hall–Kier alpha value is -3.37. The monoisotopic (exact) mass is 408 g/mol. The third-order valence-electron chi connectivity index (χ3n) is 4.30. The van der Waals surface area contributed by atoms with Gasteiger partial charge in [0.15, 0.2) is 0 Å². The van der Waals surface area contributed by atoms with E-state index >= 15 is 0 Å². The summed E-state index contributed by atoms with van der Waals surface area (Å²) in [6.45, 7) is 1.87. The molecule has 8 nitrogen and oxygen atoms in total. The molecule has 3 amide bonds. The molecule has 1 aliphatic rings. The van der Waals surface area contributed by atoms with Crippen LogP contribution in [-0.2, 0) is 11.0 Å². The van der Waals surface area contributed by atoms with Crippen LogP contribution < -0.4 is 15.5 Å². The van der Waals surface area contributed by atoms with E-state index in [0.717, 1.165) is 18.0 Å². The normalized spacial score (nSPS) is 14.4. The zero-order valence-electron chi connectivity index (χ0n) is 15.3. The highest BCUT2D eigenvalue weighted by atomic mass is 19.4. The van der Waals surface area contributed by atoms with E-state index in [-0.39, 0.29) is 18.4 Å². The summed E-state index contributed by atoms with van der Waals surface area (Å²) in [6, 6.07) is 7.11. The van der Waals surface area contributed by atoms with Gasteiger partial charge in [-0.05, 0) is 24.3 Å². The van der Waals surface area contributed by atoms with Gasteiger partial charge in [-0.1, -0.05) is 6.07 Å². The minimum atomic E-state index is -4.50. The van der Waals surface area contributed by atoms with Crippen LogP contribution in [0.3, 0.4) is 0 Å². The molecular formula is C18H19F3N6O2. The first-order chi connectivity index (χ1) is 13.8. The van der Waals surface area contributed by atoms with E-state index in [2.05, 4.69) is 25.5 Å². The average molecular weight is 408 g/mol. The van der Waals surface area contributed by atoms with Crippen LogP contribution in [0.5, 0.6) is 0 Å². The molecule has 0 saturated carbocycles. The van der Waals surface area contributed by atoms with Crippen molar-refractivity contribution in [2.45, 2.75) is 6.18 Å². The van der Waals surface area contributed by atoms with Gasteiger partial charge in [0.1, 0.15) is 11.6 Å². The molecule has 1 saturated heterocycles. The fraction of sp³-hybridized carbons (Fsp3) is 0.333. The highest BCUT2D eigenvalue weighted by Gasteiger charge is 2.30. The van der Waals surface area contributed by atoms with Gasteiger partial charge in [-0.3, -0.25) is 4.79 Å². The number of piperazine rings is 1. The first-order valence-electron chi connectivity index (χ1n) is 8.85. The fourth-order valence-corrected chi connectivity index (χ4v) is 2.77. The Kier molecular flexibility index (Phi) is 6.15. The van der Waals surface area contributed by atoms with Crippen LogP contribution in [0.2, 0.25) is 0 Å². The molecule has 3 heterocycles. The summed E-state index contributed by atoms with van der Waals surface area (Å²) in [5.41, 5.74) is -0.909. The highest BCUT2D eigenvalue weighted by molar-refractivity contribution is 5.93. The number of anilines is 2. The number of pyridine rings is 2. The highest BCUT2D eigenvalue weighted by Crippen LogP contribution is 2.28. The van der Waals surface area contributed by atoms with Gasteiger partial charge in [0, 0.05) is 38.6 Å². The predicted molar refractivity (Wildman–Crippen MR) is 99.3 cm³/mol. The standard InChI is InChI=1S/C18H19F3N6O2/c19-18(20,21)13-4-5-14(23-11-13)25-16(28)12-24-17(29)27-9-7-26(8-10-27)15-3-1-2-6-22-15/h1-6,11H,7-10,12H2,(H,24,29)(H,23,25,28). The molecular weight excluding hydrogens is 389 g/mol. The molecule has 154 valence electrons. The van der Waals surface area contributed by atoms with Crippen molar-refractivity contribution < 1.29 is 22.8 Å². The third-order valence-corrected chi connectivity index (χ3v) is 4.30. The number of carbonyl (C=O) groups is 2. The van der Waals surface area contributed by atoms with Gasteiger partial charge in [-0.15, -0.1) is 0 Å². The molecule has 0 aliphatic carbocycles. The minimum Gasteiger partial charge on any atom is -0.353 e. The van der Waals surface area contributed by atoms with Crippen LogP contribution in [0.25, 0.3) is 0 Å². The Morgan fingerprint density at radius 2 is 1.79 bits per heavy atom. The second-order valence-electron chi connectivity index (χ2n) is 6.30. The van der Waals surface area contributed by atoms with Gasteiger partial charge in [0.2, 0.25) is 5.91 Å². The molecule has 3 rings (SSSR count). The van der Waals surface area contributed by atoms with Crippen LogP contribution in [0.4, 0.5) is 29.6 Å². The van der Waals surface area contributed by atoms with Gasteiger partial charge in [0.25, 0.3) is 0 Å². The van der Waals surface area contributed by atoms with E-state index in [1.54, 1.807) is 11.1 Å². The van der Waals surface area contributed by atoms with Crippen LogP contribution in [0, 0.1) is 0 Å². The van der Waals surface area contributed by atoms with Crippen molar-refractivity contribution in [3.05, 3.63) is 48.3 Å². The number of nitrogens with one attached hydrogen (secondary N) is 2. The van der Waals surface area contributed by atoms with Crippen LogP contribution in [-0.4, -0.2) is 59.5 Å². The van der Waals surface area contributed by atoms with E-state index in [1.807, 2.05) is 18.2 Å². The van der Waals surface area contributed by atoms with Crippen LogP contribution >= 0.6 is 0 Å². The topological polar surface area (TPSA) is 90.5 Å². The minimum absolute atomic E-state index is 0.0266. The van der Waals surface area contributed by atoms with Crippen molar-refractivity contribution in [1.29, 1.82) is 0 Å². The third kappa shape index (κ3) is 5.56. The lowest BCUT2D eigenvalue weighted by Crippen LogP contribution is -2.52. The first-order valence-corrected chi connectivity index (χ1v) is 8.85. The summed E-state index contributed by atoms with van der Waals surface area (Å²) in [5, 5.41) is 4.84. The molecule has 0 spiro atoms. The van der Waals surface area contributed by atoms with E-state index in [1.165, 1.54) is 0 Å². The van der Waals surface area contributed by atoms with Gasteiger partial charge >= 0.3 is 12.2 Å². The Morgan fingerprint density at radius 3 is 2.38 bits per heavy atom. The lowest BCUT2D eigenvalue weighted by Gasteiger charge is -2.35. The Balaban J connectivity index is 1.42. The second-order valence-corrected chi connectivity index (χ2v) is 6.30. The molecule has 0 aromatic carbocycles. The number of halogens is 3. The summed E-state index contributed by atoms with van der Waals surface area (Å²) in [5.74, 6) is 0.231. The van der Waals surface area contributed by atoms with Gasteiger partial charge in [-0.25, -0.2) is 14.8 Å². The van der Waals surface area contributed by atoms with E-state index in [4.69, 9.17) is 0 Å². The van der Waals surface area contributed by atoms with Crippen molar-refractivity contribution in [2.75, 3.05) is 42.9 Å². The molecule has 0 bridgehead atoms. The van der Waals surface area contributed by atoms with E-state index in [9.17, 15) is 22.8 Å². The summed E-state index contributed by atoms with van der Waals surface area (Å²) in [7, 11) is 0.